The fraction of sp³-hybridized carbons (Fsp3) is 0.375. The van der Waals surface area contributed by atoms with Gasteiger partial charge in [-0.25, -0.2) is 4.79 Å². The van der Waals surface area contributed by atoms with Crippen LogP contribution in [0.15, 0.2) is 78.9 Å². The minimum atomic E-state index is -4.49. The Hall–Kier alpha value is -3.85. The number of rotatable bonds is 9. The van der Waals surface area contributed by atoms with Crippen molar-refractivity contribution < 1.29 is 27.5 Å². The van der Waals surface area contributed by atoms with Crippen LogP contribution in [0.5, 0.6) is 5.75 Å². The number of alkyl halides is 3. The number of halogens is 3. The summed E-state index contributed by atoms with van der Waals surface area (Å²) in [5, 5.41) is 5.13. The first kappa shape index (κ1) is 28.7. The summed E-state index contributed by atoms with van der Waals surface area (Å²) in [5.74, 6) is -0.110. The first-order chi connectivity index (χ1) is 19.8. The molecule has 3 aromatic carbocycles. The monoisotopic (exact) mass is 565 g/mol. The fourth-order valence-electron chi connectivity index (χ4n) is 6.10. The van der Waals surface area contributed by atoms with Gasteiger partial charge in [-0.1, -0.05) is 73.2 Å². The molecule has 1 aliphatic carbocycles. The molecule has 5 rings (SSSR count). The molecule has 0 atom stereocenters. The molecule has 0 saturated carbocycles. The van der Waals surface area contributed by atoms with Gasteiger partial charge in [0.05, 0.1) is 0 Å². The van der Waals surface area contributed by atoms with E-state index in [-0.39, 0.29) is 6.04 Å². The molecule has 1 aliphatic heterocycles. The fourth-order valence-corrected chi connectivity index (χ4v) is 6.10. The van der Waals surface area contributed by atoms with Gasteiger partial charge in [-0.2, -0.15) is 13.2 Å². The van der Waals surface area contributed by atoms with Crippen LogP contribution in [-0.2, 0) is 10.2 Å². The summed E-state index contributed by atoms with van der Waals surface area (Å²) in [4.78, 5) is 28.2. The van der Waals surface area contributed by atoms with Crippen LogP contribution >= 0.6 is 0 Å². The molecular weight excluding hydrogens is 531 g/mol. The highest BCUT2D eigenvalue weighted by Gasteiger charge is 2.49. The molecule has 41 heavy (non-hydrogen) atoms. The molecule has 0 aromatic heterocycles. The molecule has 1 heterocycles. The van der Waals surface area contributed by atoms with Gasteiger partial charge in [0.2, 0.25) is 5.91 Å². The van der Waals surface area contributed by atoms with Crippen molar-refractivity contribution in [2.45, 2.75) is 49.7 Å². The highest BCUT2D eigenvalue weighted by molar-refractivity contribution is 6.00. The number of carbonyl (C=O) groups excluding carboxylic acids is 2. The number of hydrogen-bond donors (Lipinski definition) is 2. The van der Waals surface area contributed by atoms with Crippen molar-refractivity contribution in [3.8, 4) is 16.9 Å². The van der Waals surface area contributed by atoms with Crippen LogP contribution in [0, 0.1) is 0 Å². The molecule has 2 aliphatic rings. The Bertz CT molecular complexity index is 1310. The summed E-state index contributed by atoms with van der Waals surface area (Å²) in [6.45, 7) is 1.09. The van der Waals surface area contributed by atoms with Gasteiger partial charge >= 0.3 is 12.3 Å². The molecule has 2 amide bonds. The van der Waals surface area contributed by atoms with Crippen LogP contribution in [0.25, 0.3) is 11.1 Å². The Kier molecular flexibility index (Phi) is 8.63. The van der Waals surface area contributed by atoms with Crippen LogP contribution in [0.1, 0.15) is 43.2 Å². The molecule has 2 N–H and O–H groups in total. The van der Waals surface area contributed by atoms with Gasteiger partial charge in [-0.05, 0) is 66.6 Å². The van der Waals surface area contributed by atoms with Gasteiger partial charge < -0.3 is 20.3 Å². The lowest BCUT2D eigenvalue weighted by Crippen LogP contribution is -2.47. The van der Waals surface area contributed by atoms with E-state index < -0.39 is 30.1 Å². The van der Waals surface area contributed by atoms with Gasteiger partial charge in [0.15, 0.2) is 0 Å². The zero-order valence-electron chi connectivity index (χ0n) is 22.8. The molecule has 1 saturated heterocycles. The van der Waals surface area contributed by atoms with Crippen LogP contribution in [-0.4, -0.2) is 55.3 Å². The summed E-state index contributed by atoms with van der Waals surface area (Å²) in [6, 6.07) is 24.0. The molecule has 0 spiro atoms. The number of piperidine rings is 1. The Morgan fingerprint density at radius 3 is 2.05 bits per heavy atom. The van der Waals surface area contributed by atoms with E-state index in [1.54, 1.807) is 12.1 Å². The van der Waals surface area contributed by atoms with E-state index in [0.29, 0.717) is 18.6 Å². The number of ether oxygens (including phenoxy) is 1. The van der Waals surface area contributed by atoms with Gasteiger partial charge in [0.25, 0.3) is 0 Å². The average molecular weight is 566 g/mol. The van der Waals surface area contributed by atoms with Crippen molar-refractivity contribution in [1.29, 1.82) is 0 Å². The molecule has 216 valence electrons. The highest BCUT2D eigenvalue weighted by Crippen LogP contribution is 2.51. The third-order valence-corrected chi connectivity index (χ3v) is 8.04. The second-order valence-corrected chi connectivity index (χ2v) is 10.7. The number of unbranched alkanes of at least 4 members (excludes halogenated alkanes) is 1. The van der Waals surface area contributed by atoms with E-state index in [4.69, 9.17) is 4.74 Å². The average Bonchev–Trinajstić information content (AvgIpc) is 3.26. The lowest BCUT2D eigenvalue weighted by Gasteiger charge is -2.33. The number of likely N-dealkylation sites (tertiary alicyclic amines) is 1. The predicted molar refractivity (Wildman–Crippen MR) is 151 cm³/mol. The maximum atomic E-state index is 13.6. The van der Waals surface area contributed by atoms with Gasteiger partial charge in [-0.3, -0.25) is 4.79 Å². The number of nitrogens with one attached hydrogen (secondary N) is 2. The first-order valence-corrected chi connectivity index (χ1v) is 14.1. The summed E-state index contributed by atoms with van der Waals surface area (Å²) in [5.41, 5.74) is 2.13. The Balaban J connectivity index is 1.18. The molecule has 3 aromatic rings. The number of fused-ring (bicyclic) bond motifs is 3. The van der Waals surface area contributed by atoms with Crippen molar-refractivity contribution in [3.63, 3.8) is 0 Å². The summed E-state index contributed by atoms with van der Waals surface area (Å²) < 4.78 is 44.6. The molecular formula is C32H34F3N3O3. The Morgan fingerprint density at radius 1 is 0.854 bits per heavy atom. The van der Waals surface area contributed by atoms with Gasteiger partial charge in [-0.15, -0.1) is 0 Å². The van der Waals surface area contributed by atoms with Crippen molar-refractivity contribution in [2.75, 3.05) is 26.2 Å². The number of carbonyl (C=O) groups is 2. The predicted octanol–water partition coefficient (Wildman–Crippen LogP) is 6.05. The zero-order valence-corrected chi connectivity index (χ0v) is 22.8. The van der Waals surface area contributed by atoms with E-state index in [0.717, 1.165) is 61.2 Å². The minimum absolute atomic E-state index is 0.0366. The Labute approximate surface area is 237 Å². The molecule has 0 unspecified atom stereocenters. The van der Waals surface area contributed by atoms with Crippen LogP contribution in [0.4, 0.5) is 18.0 Å². The third kappa shape index (κ3) is 6.56. The number of nitrogens with zero attached hydrogens (tertiary/aromatic N) is 1. The molecule has 1 fully saturated rings. The number of hydrogen-bond acceptors (Lipinski definition) is 4. The number of para-hydroxylation sites is 1. The number of amides is 2. The molecule has 6 nitrogen and oxygen atoms in total. The van der Waals surface area contributed by atoms with Gasteiger partial charge in [0.1, 0.15) is 17.7 Å². The van der Waals surface area contributed by atoms with E-state index in [1.807, 2.05) is 66.7 Å². The third-order valence-electron chi connectivity index (χ3n) is 8.04. The topological polar surface area (TPSA) is 70.7 Å². The van der Waals surface area contributed by atoms with Crippen molar-refractivity contribution >= 4 is 12.0 Å². The summed E-state index contributed by atoms with van der Waals surface area (Å²) >= 11 is 0. The normalized spacial score (nSPS) is 16.5. The van der Waals surface area contributed by atoms with E-state index in [2.05, 4.69) is 15.5 Å². The lowest BCUT2D eigenvalue weighted by atomic mass is 9.73. The zero-order chi connectivity index (χ0) is 28.9. The lowest BCUT2D eigenvalue weighted by molar-refractivity contribution is -0.141. The van der Waals surface area contributed by atoms with Crippen LogP contribution < -0.4 is 15.4 Å². The van der Waals surface area contributed by atoms with Crippen molar-refractivity contribution in [1.82, 2.24) is 15.5 Å². The second kappa shape index (κ2) is 12.3. The maximum absolute atomic E-state index is 13.6. The molecule has 0 radical (unpaired) electrons. The minimum Gasteiger partial charge on any atom is -0.410 e. The molecule has 9 heteroatoms. The smallest absolute Gasteiger partial charge is 0.410 e. The molecule has 0 bridgehead atoms. The van der Waals surface area contributed by atoms with E-state index in [9.17, 15) is 22.8 Å². The summed E-state index contributed by atoms with van der Waals surface area (Å²) in [7, 11) is 0. The standard InChI is InChI=1S/C32H34F3N3O3/c33-32(34,35)22-36-29(39)31(27-14-6-4-12-25(27)26-13-5-7-15-28(26)31)18-8-9-19-38-20-16-23(17-21-38)37-30(40)41-24-10-2-1-3-11-24/h1-7,10-15,23H,8-9,16-22H2,(H,36,39)(H,37,40). The highest BCUT2D eigenvalue weighted by atomic mass is 19.4. The SMILES string of the molecule is O=C(NC1CCN(CCCCC2(C(=O)NCC(F)(F)F)c3ccccc3-c3ccccc32)CC1)Oc1ccccc1. The Morgan fingerprint density at radius 2 is 1.44 bits per heavy atom. The number of benzene rings is 3. The van der Waals surface area contributed by atoms with Crippen molar-refractivity contribution in [2.24, 2.45) is 0 Å². The summed E-state index contributed by atoms with van der Waals surface area (Å²) in [6.07, 6.45) is -1.47. The second-order valence-electron chi connectivity index (χ2n) is 10.7. The largest absolute Gasteiger partial charge is 0.412 e. The maximum Gasteiger partial charge on any atom is 0.412 e. The van der Waals surface area contributed by atoms with Gasteiger partial charge in [0, 0.05) is 19.1 Å². The first-order valence-electron chi connectivity index (χ1n) is 14.1. The quantitative estimate of drug-likeness (QED) is 0.310. The van der Waals surface area contributed by atoms with Crippen LogP contribution in [0.3, 0.4) is 0 Å². The van der Waals surface area contributed by atoms with Crippen LogP contribution in [0.2, 0.25) is 0 Å². The van der Waals surface area contributed by atoms with E-state index in [1.165, 1.54) is 0 Å². The van der Waals surface area contributed by atoms with E-state index >= 15 is 0 Å². The van der Waals surface area contributed by atoms with Crippen molar-refractivity contribution in [3.05, 3.63) is 90.0 Å².